The second-order valence-corrected chi connectivity index (χ2v) is 3.79. The molecule has 0 aliphatic rings. The smallest absolute Gasteiger partial charge is 0.323 e. The van der Waals surface area contributed by atoms with Crippen molar-refractivity contribution in [1.82, 2.24) is 9.80 Å². The molecule has 0 radical (unpaired) electrons. The summed E-state index contributed by atoms with van der Waals surface area (Å²) in [4.78, 5) is 35.5. The van der Waals surface area contributed by atoms with Crippen LogP contribution < -0.4 is 0 Å². The number of amides is 2. The molecule has 0 atom stereocenters. The van der Waals surface area contributed by atoms with Crippen LogP contribution in [-0.2, 0) is 14.4 Å². The van der Waals surface area contributed by atoms with E-state index in [0.29, 0.717) is 12.8 Å². The van der Waals surface area contributed by atoms with E-state index in [1.165, 1.54) is 11.9 Å². The van der Waals surface area contributed by atoms with Crippen LogP contribution in [0.4, 0.5) is 0 Å². The molecule has 0 saturated heterocycles. The minimum atomic E-state index is -1.04. The van der Waals surface area contributed by atoms with Crippen molar-refractivity contribution < 1.29 is 19.5 Å². The lowest BCUT2D eigenvalue weighted by atomic mass is 10.2. The summed E-state index contributed by atoms with van der Waals surface area (Å²) in [7, 11) is 4.74. The van der Waals surface area contributed by atoms with Crippen molar-refractivity contribution in [1.29, 1.82) is 0 Å². The minimum Gasteiger partial charge on any atom is -0.480 e. The molecule has 92 valence electrons. The Morgan fingerprint density at radius 3 is 1.94 bits per heavy atom. The average Bonchev–Trinajstić information content (AvgIpc) is 2.15. The van der Waals surface area contributed by atoms with Gasteiger partial charge in [-0.05, 0) is 6.42 Å². The maximum absolute atomic E-state index is 11.4. The molecule has 0 aliphatic carbocycles. The molecule has 1 N–H and O–H groups in total. The normalized spacial score (nSPS) is 9.69. The summed E-state index contributed by atoms with van der Waals surface area (Å²) in [5.41, 5.74) is 0. The Morgan fingerprint density at radius 2 is 1.50 bits per heavy atom. The molecule has 2 amide bonds. The van der Waals surface area contributed by atoms with E-state index in [1.807, 2.05) is 0 Å². The Kier molecular flexibility index (Phi) is 6.14. The molecule has 0 spiro atoms. The molecule has 0 aliphatic heterocycles. The van der Waals surface area contributed by atoms with Gasteiger partial charge in [-0.15, -0.1) is 0 Å². The van der Waals surface area contributed by atoms with Gasteiger partial charge in [0.05, 0.1) is 0 Å². The van der Waals surface area contributed by atoms with Crippen molar-refractivity contribution in [2.45, 2.75) is 19.3 Å². The zero-order chi connectivity index (χ0) is 12.7. The highest BCUT2D eigenvalue weighted by atomic mass is 16.4. The van der Waals surface area contributed by atoms with E-state index in [9.17, 15) is 14.4 Å². The first kappa shape index (κ1) is 14.4. The van der Waals surface area contributed by atoms with Crippen LogP contribution in [0, 0.1) is 0 Å². The van der Waals surface area contributed by atoms with Crippen LogP contribution in [0.3, 0.4) is 0 Å². The fourth-order valence-electron chi connectivity index (χ4n) is 1.10. The molecular weight excluding hydrogens is 212 g/mol. The van der Waals surface area contributed by atoms with Crippen LogP contribution in [0.25, 0.3) is 0 Å². The number of nitrogens with zero attached hydrogens (tertiary/aromatic N) is 2. The van der Waals surface area contributed by atoms with Gasteiger partial charge in [0.15, 0.2) is 0 Å². The van der Waals surface area contributed by atoms with Gasteiger partial charge >= 0.3 is 5.97 Å². The van der Waals surface area contributed by atoms with Crippen LogP contribution in [-0.4, -0.2) is 60.4 Å². The number of likely N-dealkylation sites (N-methyl/N-ethyl adjacent to an activating group) is 1. The van der Waals surface area contributed by atoms with Crippen molar-refractivity contribution in [3.05, 3.63) is 0 Å². The summed E-state index contributed by atoms with van der Waals surface area (Å²) in [5, 5.41) is 8.46. The van der Waals surface area contributed by atoms with Crippen molar-refractivity contribution in [2.24, 2.45) is 0 Å². The third-order valence-electron chi connectivity index (χ3n) is 2.08. The molecule has 0 aromatic rings. The first-order valence-corrected chi connectivity index (χ1v) is 5.00. The molecule has 0 unspecified atom stereocenters. The van der Waals surface area contributed by atoms with Crippen LogP contribution in [0.15, 0.2) is 0 Å². The highest BCUT2D eigenvalue weighted by molar-refractivity contribution is 5.81. The third kappa shape index (κ3) is 6.00. The van der Waals surface area contributed by atoms with Gasteiger partial charge in [0.25, 0.3) is 0 Å². The molecule has 16 heavy (non-hydrogen) atoms. The van der Waals surface area contributed by atoms with Crippen molar-refractivity contribution in [2.75, 3.05) is 27.7 Å². The monoisotopic (exact) mass is 230 g/mol. The molecule has 0 heterocycles. The van der Waals surface area contributed by atoms with Gasteiger partial charge in [0.1, 0.15) is 6.54 Å². The molecule has 0 rings (SSSR count). The van der Waals surface area contributed by atoms with Gasteiger partial charge in [-0.25, -0.2) is 0 Å². The lowest BCUT2D eigenvalue weighted by Crippen LogP contribution is -2.32. The highest BCUT2D eigenvalue weighted by Crippen LogP contribution is 2.01. The summed E-state index contributed by atoms with van der Waals surface area (Å²) in [6, 6.07) is 0. The number of carboxylic acids is 1. The summed E-state index contributed by atoms with van der Waals surface area (Å²) in [6.45, 7) is -0.305. The first-order chi connectivity index (χ1) is 7.34. The molecular formula is C10H18N2O4. The van der Waals surface area contributed by atoms with Gasteiger partial charge in [-0.3, -0.25) is 14.4 Å². The molecule has 0 aromatic carbocycles. The number of carbonyl (C=O) groups excluding carboxylic acids is 2. The SMILES string of the molecule is CN(C)C(=O)CCCC(=O)N(C)CC(=O)O. The summed E-state index contributed by atoms with van der Waals surface area (Å²) < 4.78 is 0. The Balaban J connectivity index is 3.81. The van der Waals surface area contributed by atoms with E-state index in [-0.39, 0.29) is 24.8 Å². The van der Waals surface area contributed by atoms with Crippen LogP contribution >= 0.6 is 0 Å². The summed E-state index contributed by atoms with van der Waals surface area (Å²) in [6.07, 6.45) is 0.947. The molecule has 0 saturated carbocycles. The van der Waals surface area contributed by atoms with Gasteiger partial charge in [0, 0.05) is 34.0 Å². The number of carbonyl (C=O) groups is 3. The predicted octanol–water partition coefficient (Wildman–Crippen LogP) is -0.212. The van der Waals surface area contributed by atoms with E-state index < -0.39 is 5.97 Å². The summed E-state index contributed by atoms with van der Waals surface area (Å²) >= 11 is 0. The maximum Gasteiger partial charge on any atom is 0.323 e. The second kappa shape index (κ2) is 6.81. The molecule has 0 bridgehead atoms. The Morgan fingerprint density at radius 1 is 1.00 bits per heavy atom. The maximum atomic E-state index is 11.4. The molecule has 6 nitrogen and oxygen atoms in total. The van der Waals surface area contributed by atoms with Gasteiger partial charge < -0.3 is 14.9 Å². The number of hydrogen-bond donors (Lipinski definition) is 1. The number of aliphatic carboxylic acids is 1. The minimum absolute atomic E-state index is 0.0336. The first-order valence-electron chi connectivity index (χ1n) is 5.00. The van der Waals surface area contributed by atoms with Gasteiger partial charge in [0.2, 0.25) is 11.8 Å². The Labute approximate surface area is 94.8 Å². The third-order valence-corrected chi connectivity index (χ3v) is 2.08. The lowest BCUT2D eigenvalue weighted by Gasteiger charge is -2.14. The fourth-order valence-corrected chi connectivity index (χ4v) is 1.10. The Bertz CT molecular complexity index is 276. The molecule has 0 fully saturated rings. The zero-order valence-electron chi connectivity index (χ0n) is 9.89. The van der Waals surface area contributed by atoms with Crippen molar-refractivity contribution >= 4 is 17.8 Å². The topological polar surface area (TPSA) is 77.9 Å². The summed E-state index contributed by atoms with van der Waals surface area (Å²) in [5.74, 6) is -1.33. The van der Waals surface area contributed by atoms with Crippen LogP contribution in [0.5, 0.6) is 0 Å². The largest absolute Gasteiger partial charge is 0.480 e. The van der Waals surface area contributed by atoms with E-state index in [1.54, 1.807) is 14.1 Å². The number of hydrogen-bond acceptors (Lipinski definition) is 3. The zero-order valence-corrected chi connectivity index (χ0v) is 9.89. The van der Waals surface area contributed by atoms with Crippen molar-refractivity contribution in [3.63, 3.8) is 0 Å². The van der Waals surface area contributed by atoms with E-state index >= 15 is 0 Å². The number of carboxylic acid groups (broad SMARTS) is 1. The average molecular weight is 230 g/mol. The quantitative estimate of drug-likeness (QED) is 0.684. The predicted molar refractivity (Wildman–Crippen MR) is 57.8 cm³/mol. The number of rotatable bonds is 6. The lowest BCUT2D eigenvalue weighted by molar-refractivity contribution is -0.143. The second-order valence-electron chi connectivity index (χ2n) is 3.79. The van der Waals surface area contributed by atoms with E-state index in [4.69, 9.17) is 5.11 Å². The Hall–Kier alpha value is -1.59. The van der Waals surface area contributed by atoms with E-state index in [2.05, 4.69) is 0 Å². The fraction of sp³-hybridized carbons (Fsp3) is 0.700. The van der Waals surface area contributed by atoms with Crippen molar-refractivity contribution in [3.8, 4) is 0 Å². The van der Waals surface area contributed by atoms with Gasteiger partial charge in [-0.2, -0.15) is 0 Å². The van der Waals surface area contributed by atoms with Crippen LogP contribution in [0.2, 0.25) is 0 Å². The van der Waals surface area contributed by atoms with Gasteiger partial charge in [-0.1, -0.05) is 0 Å². The molecule has 6 heteroatoms. The van der Waals surface area contributed by atoms with E-state index in [0.717, 1.165) is 4.90 Å². The highest BCUT2D eigenvalue weighted by Gasteiger charge is 2.12. The van der Waals surface area contributed by atoms with Crippen LogP contribution in [0.1, 0.15) is 19.3 Å². The molecule has 0 aromatic heterocycles. The standard InChI is InChI=1S/C10H18N2O4/c1-11(2)8(13)5-4-6-9(14)12(3)7-10(15)16/h4-7H2,1-3H3,(H,15,16).